The van der Waals surface area contributed by atoms with Crippen molar-refractivity contribution in [3.05, 3.63) is 36.0 Å². The van der Waals surface area contributed by atoms with Gasteiger partial charge in [0.2, 0.25) is 17.7 Å². The molecule has 108 valence electrons. The van der Waals surface area contributed by atoms with E-state index in [1.54, 1.807) is 12.3 Å². The highest BCUT2D eigenvalue weighted by molar-refractivity contribution is 5.94. The number of rotatable bonds is 4. The fourth-order valence-corrected chi connectivity index (χ4v) is 2.19. The summed E-state index contributed by atoms with van der Waals surface area (Å²) >= 11 is 0. The summed E-state index contributed by atoms with van der Waals surface area (Å²) in [4.78, 5) is 19.7. The average molecular weight is 284 g/mol. The van der Waals surface area contributed by atoms with Gasteiger partial charge in [0, 0.05) is 30.9 Å². The van der Waals surface area contributed by atoms with Crippen molar-refractivity contribution in [2.75, 3.05) is 17.2 Å². The minimum atomic E-state index is 0.0576. The van der Waals surface area contributed by atoms with Crippen molar-refractivity contribution in [3.63, 3.8) is 0 Å². The van der Waals surface area contributed by atoms with E-state index in [0.29, 0.717) is 24.0 Å². The van der Waals surface area contributed by atoms with E-state index in [-0.39, 0.29) is 5.91 Å². The lowest BCUT2D eigenvalue weighted by Crippen LogP contribution is -2.18. The van der Waals surface area contributed by atoms with Crippen LogP contribution in [-0.2, 0) is 11.2 Å². The van der Waals surface area contributed by atoms with Crippen molar-refractivity contribution < 1.29 is 9.53 Å². The second kappa shape index (κ2) is 5.78. The number of nitrogens with zero attached hydrogens (tertiary/aromatic N) is 2. The van der Waals surface area contributed by atoms with Crippen LogP contribution in [0.1, 0.15) is 18.9 Å². The van der Waals surface area contributed by atoms with Gasteiger partial charge in [-0.2, -0.15) is 4.98 Å². The summed E-state index contributed by atoms with van der Waals surface area (Å²) in [7, 11) is 0. The number of aromatic nitrogens is 2. The molecule has 2 aromatic rings. The number of carbonyl (C=O) groups excluding carboxylic acids is 1. The molecule has 2 heterocycles. The van der Waals surface area contributed by atoms with E-state index >= 15 is 0 Å². The third-order valence-electron chi connectivity index (χ3n) is 3.16. The van der Waals surface area contributed by atoms with Gasteiger partial charge in [0.05, 0.1) is 0 Å². The summed E-state index contributed by atoms with van der Waals surface area (Å²) < 4.78 is 5.75. The Bertz CT molecular complexity index is 672. The van der Waals surface area contributed by atoms with Crippen LogP contribution in [-0.4, -0.2) is 22.4 Å². The minimum absolute atomic E-state index is 0.0576. The molecular formula is C15H16N4O2. The van der Waals surface area contributed by atoms with Crippen molar-refractivity contribution >= 4 is 17.5 Å². The molecule has 1 aromatic carbocycles. The van der Waals surface area contributed by atoms with Crippen molar-refractivity contribution in [2.24, 2.45) is 0 Å². The number of aryl methyl sites for hydroxylation is 1. The van der Waals surface area contributed by atoms with Gasteiger partial charge in [-0.1, -0.05) is 0 Å². The molecule has 0 fully saturated rings. The largest absolute Gasteiger partial charge is 0.439 e. The molecule has 2 N–H and O–H groups in total. The van der Waals surface area contributed by atoms with E-state index in [9.17, 15) is 4.79 Å². The average Bonchev–Trinajstić information content (AvgIpc) is 2.48. The first-order chi connectivity index (χ1) is 10.2. The predicted molar refractivity (Wildman–Crippen MR) is 79.7 cm³/mol. The first-order valence-electron chi connectivity index (χ1n) is 6.92. The first kappa shape index (κ1) is 13.4. The number of carbonyl (C=O) groups is 1. The number of nitrogens with one attached hydrogen (secondary N) is 2. The van der Waals surface area contributed by atoms with E-state index < -0.39 is 0 Å². The van der Waals surface area contributed by atoms with Crippen LogP contribution in [0.3, 0.4) is 0 Å². The lowest BCUT2D eigenvalue weighted by molar-refractivity contribution is -0.116. The van der Waals surface area contributed by atoms with Gasteiger partial charge in [-0.3, -0.25) is 4.79 Å². The zero-order chi connectivity index (χ0) is 14.7. The summed E-state index contributed by atoms with van der Waals surface area (Å²) in [5, 5.41) is 5.89. The molecule has 0 saturated carbocycles. The monoisotopic (exact) mass is 284 g/mol. The normalized spacial score (nSPS) is 13.3. The highest BCUT2D eigenvalue weighted by atomic mass is 16.5. The molecule has 0 saturated heterocycles. The van der Waals surface area contributed by atoms with Crippen LogP contribution in [0.2, 0.25) is 0 Å². The number of ether oxygens (including phenoxy) is 1. The first-order valence-corrected chi connectivity index (χ1v) is 6.92. The van der Waals surface area contributed by atoms with Crippen molar-refractivity contribution in [2.45, 2.75) is 19.8 Å². The van der Waals surface area contributed by atoms with Gasteiger partial charge < -0.3 is 15.4 Å². The lowest BCUT2D eigenvalue weighted by Gasteiger charge is -2.17. The zero-order valence-electron chi connectivity index (χ0n) is 11.7. The Morgan fingerprint density at radius 1 is 1.33 bits per heavy atom. The third kappa shape index (κ3) is 3.10. The Morgan fingerprint density at radius 2 is 2.24 bits per heavy atom. The van der Waals surface area contributed by atoms with Gasteiger partial charge in [0.25, 0.3) is 0 Å². The Labute approximate surface area is 122 Å². The second-order valence-corrected chi connectivity index (χ2v) is 4.72. The predicted octanol–water partition coefficient (Wildman–Crippen LogP) is 2.59. The molecular weight excluding hydrogens is 268 g/mol. The number of hydrogen-bond acceptors (Lipinski definition) is 5. The standard InChI is InChI=1S/C15H16N4O2/c1-2-16-15-17-8-7-14(19-15)21-11-4-5-12-10(9-11)3-6-13(20)18-12/h4-5,7-9H,2-3,6H2,1H3,(H,18,20)(H,16,17,19). The molecule has 0 aliphatic carbocycles. The van der Waals surface area contributed by atoms with Crippen molar-refractivity contribution in [1.29, 1.82) is 0 Å². The van der Waals surface area contributed by atoms with Gasteiger partial charge in [-0.15, -0.1) is 0 Å². The summed E-state index contributed by atoms with van der Waals surface area (Å²) in [5.74, 6) is 1.79. The molecule has 0 unspecified atom stereocenters. The molecule has 21 heavy (non-hydrogen) atoms. The van der Waals surface area contributed by atoms with Crippen LogP contribution in [0.4, 0.5) is 11.6 Å². The maximum Gasteiger partial charge on any atom is 0.225 e. The molecule has 0 spiro atoms. The quantitative estimate of drug-likeness (QED) is 0.902. The summed E-state index contributed by atoms with van der Waals surface area (Å²) in [5.41, 5.74) is 1.93. The van der Waals surface area contributed by atoms with Crippen LogP contribution in [0.25, 0.3) is 0 Å². The van der Waals surface area contributed by atoms with Crippen LogP contribution in [0.5, 0.6) is 11.6 Å². The zero-order valence-corrected chi connectivity index (χ0v) is 11.7. The maximum absolute atomic E-state index is 11.3. The molecule has 0 atom stereocenters. The van der Waals surface area contributed by atoms with Gasteiger partial charge in [0.1, 0.15) is 5.75 Å². The summed E-state index contributed by atoms with van der Waals surface area (Å²) in [6.07, 6.45) is 2.89. The van der Waals surface area contributed by atoms with Gasteiger partial charge in [-0.25, -0.2) is 4.98 Å². The van der Waals surface area contributed by atoms with Crippen molar-refractivity contribution in [3.8, 4) is 11.6 Å². The number of anilines is 2. The van der Waals surface area contributed by atoms with Gasteiger partial charge in [-0.05, 0) is 37.1 Å². The smallest absolute Gasteiger partial charge is 0.225 e. The minimum Gasteiger partial charge on any atom is -0.439 e. The Hall–Kier alpha value is -2.63. The Kier molecular flexibility index (Phi) is 3.68. The SMILES string of the molecule is CCNc1nccc(Oc2ccc3c(c2)CCC(=O)N3)n1. The fourth-order valence-electron chi connectivity index (χ4n) is 2.19. The van der Waals surface area contributed by atoms with Gasteiger partial charge in [0.15, 0.2) is 0 Å². The van der Waals surface area contributed by atoms with E-state index in [2.05, 4.69) is 20.6 Å². The number of amides is 1. The second-order valence-electron chi connectivity index (χ2n) is 4.72. The fraction of sp³-hybridized carbons (Fsp3) is 0.267. The molecule has 0 radical (unpaired) electrons. The molecule has 6 nitrogen and oxygen atoms in total. The Morgan fingerprint density at radius 3 is 3.10 bits per heavy atom. The molecule has 1 amide bonds. The maximum atomic E-state index is 11.3. The molecule has 1 aromatic heterocycles. The van der Waals surface area contributed by atoms with E-state index in [1.807, 2.05) is 25.1 Å². The van der Waals surface area contributed by atoms with Gasteiger partial charge >= 0.3 is 0 Å². The van der Waals surface area contributed by atoms with Crippen LogP contribution in [0.15, 0.2) is 30.5 Å². The number of hydrogen-bond donors (Lipinski definition) is 2. The lowest BCUT2D eigenvalue weighted by atomic mass is 10.0. The summed E-state index contributed by atoms with van der Waals surface area (Å²) in [6.45, 7) is 2.73. The van der Waals surface area contributed by atoms with E-state index in [0.717, 1.165) is 24.2 Å². The topological polar surface area (TPSA) is 76.1 Å². The number of benzene rings is 1. The molecule has 6 heteroatoms. The van der Waals surface area contributed by atoms with Crippen LogP contribution >= 0.6 is 0 Å². The molecule has 1 aliphatic rings. The van der Waals surface area contributed by atoms with E-state index in [1.165, 1.54) is 0 Å². The Balaban J connectivity index is 1.79. The molecule has 0 bridgehead atoms. The summed E-state index contributed by atoms with van der Waals surface area (Å²) in [6, 6.07) is 7.32. The number of fused-ring (bicyclic) bond motifs is 1. The van der Waals surface area contributed by atoms with Crippen LogP contribution < -0.4 is 15.4 Å². The molecule has 3 rings (SSSR count). The van der Waals surface area contributed by atoms with Crippen molar-refractivity contribution in [1.82, 2.24) is 9.97 Å². The van der Waals surface area contributed by atoms with E-state index in [4.69, 9.17) is 4.74 Å². The van der Waals surface area contributed by atoms with Crippen LogP contribution in [0, 0.1) is 0 Å². The highest BCUT2D eigenvalue weighted by Crippen LogP contribution is 2.29. The highest BCUT2D eigenvalue weighted by Gasteiger charge is 2.15. The third-order valence-corrected chi connectivity index (χ3v) is 3.16. The molecule has 1 aliphatic heterocycles.